The van der Waals surface area contributed by atoms with Crippen LogP contribution >= 0.6 is 11.6 Å². The highest BCUT2D eigenvalue weighted by Gasteiger charge is 2.36. The van der Waals surface area contributed by atoms with Crippen molar-refractivity contribution in [1.82, 2.24) is 34.4 Å². The third-order valence-electron chi connectivity index (χ3n) is 6.10. The number of carbonyl (C=O) groups excluding carboxylic acids is 2. The van der Waals surface area contributed by atoms with Crippen molar-refractivity contribution >= 4 is 40.6 Å². The van der Waals surface area contributed by atoms with Crippen LogP contribution in [-0.2, 0) is 11.0 Å². The summed E-state index contributed by atoms with van der Waals surface area (Å²) in [5.41, 5.74) is 0.171. The molecule has 0 atom stereocenters. The van der Waals surface area contributed by atoms with E-state index in [1.807, 2.05) is 5.10 Å². The summed E-state index contributed by atoms with van der Waals surface area (Å²) in [5, 5.41) is 8.81. The molecule has 37 heavy (non-hydrogen) atoms. The normalized spacial score (nSPS) is 14.3. The summed E-state index contributed by atoms with van der Waals surface area (Å²) < 4.78 is 41.5. The Morgan fingerprint density at radius 1 is 1.08 bits per heavy atom. The number of hydrogen-bond acceptors (Lipinski definition) is 6. The van der Waals surface area contributed by atoms with Crippen LogP contribution in [0.15, 0.2) is 43.0 Å². The quantitative estimate of drug-likeness (QED) is 0.413. The van der Waals surface area contributed by atoms with Gasteiger partial charge in [0, 0.05) is 51.2 Å². The molecule has 4 heterocycles. The van der Waals surface area contributed by atoms with Gasteiger partial charge in [0.15, 0.2) is 11.5 Å². The summed E-state index contributed by atoms with van der Waals surface area (Å²) in [4.78, 5) is 36.3. The summed E-state index contributed by atoms with van der Waals surface area (Å²) in [5.74, 6) is 0.0131. The summed E-state index contributed by atoms with van der Waals surface area (Å²) in [6.45, 7) is 3.25. The molecule has 0 unspecified atom stereocenters. The number of imidazole rings is 1. The highest BCUT2D eigenvalue weighted by atomic mass is 35.5. The molecular formula is C23H20ClF3N8O2. The molecule has 5 rings (SSSR count). The Kier molecular flexibility index (Phi) is 6.23. The highest BCUT2D eigenvalue weighted by molar-refractivity contribution is 6.34. The molecule has 0 spiro atoms. The second kappa shape index (κ2) is 9.39. The van der Waals surface area contributed by atoms with Gasteiger partial charge < -0.3 is 15.1 Å². The molecule has 1 fully saturated rings. The van der Waals surface area contributed by atoms with Crippen molar-refractivity contribution in [2.24, 2.45) is 0 Å². The first-order chi connectivity index (χ1) is 17.6. The van der Waals surface area contributed by atoms with E-state index >= 15 is 0 Å². The summed E-state index contributed by atoms with van der Waals surface area (Å²) in [6.07, 6.45) is 0.712. The van der Waals surface area contributed by atoms with Gasteiger partial charge in [-0.05, 0) is 18.2 Å². The number of aromatic amines is 1. The molecule has 4 aromatic rings. The number of anilines is 2. The number of H-pyrrole nitrogens is 1. The molecule has 1 aliphatic heterocycles. The average molecular weight is 533 g/mol. The number of hydrogen-bond donors (Lipinski definition) is 2. The van der Waals surface area contributed by atoms with Gasteiger partial charge in [0.2, 0.25) is 5.91 Å². The lowest BCUT2D eigenvalue weighted by Crippen LogP contribution is -2.50. The van der Waals surface area contributed by atoms with Crippen LogP contribution in [0.4, 0.5) is 24.7 Å². The van der Waals surface area contributed by atoms with Crippen LogP contribution in [-0.4, -0.2) is 72.4 Å². The van der Waals surface area contributed by atoms with E-state index < -0.39 is 11.9 Å². The number of piperazine rings is 1. The van der Waals surface area contributed by atoms with E-state index in [-0.39, 0.29) is 39.6 Å². The van der Waals surface area contributed by atoms with Gasteiger partial charge >= 0.3 is 6.18 Å². The van der Waals surface area contributed by atoms with E-state index in [4.69, 9.17) is 11.6 Å². The van der Waals surface area contributed by atoms with Gasteiger partial charge in [-0.15, -0.1) is 0 Å². The van der Waals surface area contributed by atoms with Gasteiger partial charge in [0.1, 0.15) is 5.69 Å². The molecule has 0 bridgehead atoms. The van der Waals surface area contributed by atoms with Crippen molar-refractivity contribution in [3.05, 3.63) is 59.3 Å². The van der Waals surface area contributed by atoms with Crippen LogP contribution in [0.3, 0.4) is 0 Å². The van der Waals surface area contributed by atoms with Crippen LogP contribution in [0.1, 0.15) is 23.0 Å². The zero-order chi connectivity index (χ0) is 26.3. The molecule has 10 nitrogen and oxygen atoms in total. The van der Waals surface area contributed by atoms with Gasteiger partial charge in [-0.25, -0.2) is 9.97 Å². The molecule has 1 aromatic carbocycles. The number of halogens is 4. The van der Waals surface area contributed by atoms with Crippen LogP contribution in [0.5, 0.6) is 0 Å². The Bertz CT molecular complexity index is 1490. The van der Waals surface area contributed by atoms with Crippen LogP contribution in [0.25, 0.3) is 16.9 Å². The molecular weight excluding hydrogens is 513 g/mol. The average Bonchev–Trinajstić information content (AvgIpc) is 3.51. The van der Waals surface area contributed by atoms with E-state index in [1.165, 1.54) is 29.9 Å². The summed E-state index contributed by atoms with van der Waals surface area (Å²) in [6, 6.07) is 4.80. The number of fused-ring (bicyclic) bond motifs is 1. The first kappa shape index (κ1) is 24.6. The number of benzene rings is 1. The smallest absolute Gasteiger partial charge is 0.339 e. The molecule has 3 aromatic heterocycles. The van der Waals surface area contributed by atoms with Gasteiger partial charge in [0.05, 0.1) is 34.2 Å². The van der Waals surface area contributed by atoms with Crippen molar-refractivity contribution in [2.45, 2.75) is 13.1 Å². The van der Waals surface area contributed by atoms with Crippen LogP contribution in [0, 0.1) is 0 Å². The van der Waals surface area contributed by atoms with Gasteiger partial charge in [-0.1, -0.05) is 11.6 Å². The first-order valence-corrected chi connectivity index (χ1v) is 11.6. The predicted molar refractivity (Wildman–Crippen MR) is 128 cm³/mol. The number of amides is 2. The lowest BCUT2D eigenvalue weighted by Gasteiger charge is -2.34. The van der Waals surface area contributed by atoms with Gasteiger partial charge in [0.25, 0.3) is 5.91 Å². The molecule has 1 aliphatic rings. The fraction of sp³-hybridized carbons (Fsp3) is 0.261. The largest absolute Gasteiger partial charge is 0.433 e. The Hall–Kier alpha value is -4.13. The van der Waals surface area contributed by atoms with Crippen molar-refractivity contribution in [3.8, 4) is 11.3 Å². The van der Waals surface area contributed by atoms with E-state index in [2.05, 4.69) is 20.4 Å². The number of alkyl halides is 3. The molecule has 192 valence electrons. The Morgan fingerprint density at radius 3 is 2.49 bits per heavy atom. The minimum atomic E-state index is -4.61. The third kappa shape index (κ3) is 4.69. The monoisotopic (exact) mass is 532 g/mol. The van der Waals surface area contributed by atoms with Crippen LogP contribution < -0.4 is 5.32 Å². The van der Waals surface area contributed by atoms with E-state index in [0.717, 1.165) is 6.20 Å². The van der Waals surface area contributed by atoms with Crippen molar-refractivity contribution in [3.63, 3.8) is 0 Å². The molecule has 14 heteroatoms. The topological polar surface area (TPSA) is 112 Å². The molecule has 0 aliphatic carbocycles. The van der Waals surface area contributed by atoms with E-state index in [0.29, 0.717) is 37.4 Å². The molecule has 0 radical (unpaired) electrons. The first-order valence-electron chi connectivity index (χ1n) is 11.2. The minimum Gasteiger partial charge on any atom is -0.339 e. The number of rotatable bonds is 4. The third-order valence-corrected chi connectivity index (χ3v) is 6.41. The van der Waals surface area contributed by atoms with E-state index in [1.54, 1.807) is 28.0 Å². The van der Waals surface area contributed by atoms with Crippen molar-refractivity contribution in [2.75, 3.05) is 31.5 Å². The summed E-state index contributed by atoms with van der Waals surface area (Å²) in [7, 11) is 0. The van der Waals surface area contributed by atoms with Crippen LogP contribution in [0.2, 0.25) is 5.02 Å². The Labute approximate surface area is 213 Å². The van der Waals surface area contributed by atoms with Crippen molar-refractivity contribution in [1.29, 1.82) is 0 Å². The predicted octanol–water partition coefficient (Wildman–Crippen LogP) is 3.84. The zero-order valence-corrected chi connectivity index (χ0v) is 20.1. The standard InChI is InChI=1S/C23H20ClF3N8O2/c1-13(36)33-6-8-34(9-7-33)22(37)15-3-2-14(10-17(15)24)31-20-21-29-12-18(35(21)5-4-28-20)16-11-30-32-19(16)23(25,26)27/h2-5,10-12H,6-9H2,1H3,(H,28,31)(H,30,32). The summed E-state index contributed by atoms with van der Waals surface area (Å²) >= 11 is 6.43. The number of carbonyl (C=O) groups is 2. The Balaban J connectivity index is 1.37. The number of aromatic nitrogens is 5. The molecule has 2 amide bonds. The lowest BCUT2D eigenvalue weighted by molar-refractivity contribution is -0.140. The molecule has 2 N–H and O–H groups in total. The SMILES string of the molecule is CC(=O)N1CCN(C(=O)c2ccc(Nc3nccn4c(-c5cn[nH]c5C(F)(F)F)cnc34)cc2Cl)CC1. The second-order valence-corrected chi connectivity index (χ2v) is 8.79. The van der Waals surface area contributed by atoms with Crippen molar-refractivity contribution < 1.29 is 22.8 Å². The molecule has 0 saturated carbocycles. The maximum Gasteiger partial charge on any atom is 0.433 e. The van der Waals surface area contributed by atoms with Gasteiger partial charge in [-0.2, -0.15) is 18.3 Å². The maximum atomic E-state index is 13.4. The lowest BCUT2D eigenvalue weighted by atomic mass is 10.1. The number of nitrogens with one attached hydrogen (secondary N) is 2. The molecule has 1 saturated heterocycles. The minimum absolute atomic E-state index is 0.0284. The number of nitrogens with zero attached hydrogens (tertiary/aromatic N) is 6. The van der Waals surface area contributed by atoms with E-state index in [9.17, 15) is 22.8 Å². The maximum absolute atomic E-state index is 13.4. The fourth-order valence-corrected chi connectivity index (χ4v) is 4.46. The zero-order valence-electron chi connectivity index (χ0n) is 19.4. The fourth-order valence-electron chi connectivity index (χ4n) is 4.20. The highest BCUT2D eigenvalue weighted by Crippen LogP contribution is 2.36. The van der Waals surface area contributed by atoms with Gasteiger partial charge in [-0.3, -0.25) is 19.1 Å². The second-order valence-electron chi connectivity index (χ2n) is 8.39. The Morgan fingerprint density at radius 2 is 1.81 bits per heavy atom.